The summed E-state index contributed by atoms with van der Waals surface area (Å²) in [5.74, 6) is -0.378. The van der Waals surface area contributed by atoms with E-state index in [9.17, 15) is 4.39 Å². The van der Waals surface area contributed by atoms with Gasteiger partial charge in [-0.1, -0.05) is 30.7 Å². The van der Waals surface area contributed by atoms with Crippen LogP contribution in [0.4, 0.5) is 4.39 Å². The lowest BCUT2D eigenvalue weighted by Crippen LogP contribution is -2.23. The Morgan fingerprint density at radius 3 is 2.85 bits per heavy atom. The number of hydrogen-bond donors (Lipinski definition) is 1. The van der Waals surface area contributed by atoms with Crippen LogP contribution < -0.4 is 5.32 Å². The van der Waals surface area contributed by atoms with Crippen LogP contribution in [0.2, 0.25) is 5.02 Å². The fourth-order valence-corrected chi connectivity index (χ4v) is 2.51. The van der Waals surface area contributed by atoms with Crippen molar-refractivity contribution in [2.45, 2.75) is 32.9 Å². The van der Waals surface area contributed by atoms with Crippen LogP contribution >= 0.6 is 11.6 Å². The van der Waals surface area contributed by atoms with Crippen LogP contribution in [0.15, 0.2) is 30.6 Å². The Hall–Kier alpha value is -1.39. The molecule has 0 aliphatic heterocycles. The van der Waals surface area contributed by atoms with Gasteiger partial charge in [0.1, 0.15) is 5.82 Å². The molecule has 2 aromatic rings. The molecular weight excluding hydrogens is 277 g/mol. The van der Waals surface area contributed by atoms with Gasteiger partial charge in [0.05, 0.1) is 11.2 Å². The maximum Gasteiger partial charge on any atom is 0.142 e. The topological polar surface area (TPSA) is 29.9 Å². The van der Waals surface area contributed by atoms with Gasteiger partial charge >= 0.3 is 0 Å². The van der Waals surface area contributed by atoms with Crippen molar-refractivity contribution in [3.63, 3.8) is 0 Å². The minimum Gasteiger partial charge on any atom is -0.310 e. The monoisotopic (exact) mass is 295 g/mol. The third kappa shape index (κ3) is 3.38. The van der Waals surface area contributed by atoms with Gasteiger partial charge in [-0.2, -0.15) is 5.10 Å². The predicted molar refractivity (Wildman–Crippen MR) is 79.4 cm³/mol. The van der Waals surface area contributed by atoms with Gasteiger partial charge < -0.3 is 5.32 Å². The second-order valence-corrected chi connectivity index (χ2v) is 5.04. The van der Waals surface area contributed by atoms with Crippen molar-refractivity contribution in [1.82, 2.24) is 15.1 Å². The summed E-state index contributed by atoms with van der Waals surface area (Å²) in [6.07, 6.45) is 4.59. The van der Waals surface area contributed by atoms with E-state index in [4.69, 9.17) is 11.6 Å². The van der Waals surface area contributed by atoms with E-state index < -0.39 is 0 Å². The molecule has 0 spiro atoms. The van der Waals surface area contributed by atoms with E-state index in [0.717, 1.165) is 30.6 Å². The second-order valence-electron chi connectivity index (χ2n) is 4.66. The van der Waals surface area contributed by atoms with Gasteiger partial charge in [-0.05, 0) is 37.1 Å². The molecule has 20 heavy (non-hydrogen) atoms. The summed E-state index contributed by atoms with van der Waals surface area (Å²) in [5.41, 5.74) is 1.90. The Bertz CT molecular complexity index is 568. The first-order valence-corrected chi connectivity index (χ1v) is 7.22. The molecular formula is C15H19ClFN3. The van der Waals surface area contributed by atoms with Crippen molar-refractivity contribution >= 4 is 11.6 Å². The zero-order valence-electron chi connectivity index (χ0n) is 11.7. The highest BCUT2D eigenvalue weighted by Gasteiger charge is 2.17. The lowest BCUT2D eigenvalue weighted by molar-refractivity contribution is 0.542. The maximum absolute atomic E-state index is 13.6. The number of nitrogens with zero attached hydrogens (tertiary/aromatic N) is 2. The number of likely N-dealkylation sites (N-methyl/N-ethyl adjacent to an activating group) is 1. The molecule has 2 rings (SSSR count). The number of aryl methyl sites for hydroxylation is 1. The smallest absolute Gasteiger partial charge is 0.142 e. The number of rotatable bonds is 6. The standard InChI is InChI=1S/C15H19ClFN3/c1-3-18-14(8-11-9-19-20(4-2)10-11)12-6-5-7-13(17)15(12)16/h5-7,9-10,14,18H,3-4,8H2,1-2H3. The van der Waals surface area contributed by atoms with Crippen LogP contribution in [0, 0.1) is 5.82 Å². The first-order valence-electron chi connectivity index (χ1n) is 6.84. The van der Waals surface area contributed by atoms with E-state index in [0.29, 0.717) is 0 Å². The molecule has 1 unspecified atom stereocenters. The molecule has 0 saturated carbocycles. The maximum atomic E-state index is 13.6. The van der Waals surface area contributed by atoms with Crippen LogP contribution in [0.5, 0.6) is 0 Å². The average molecular weight is 296 g/mol. The van der Waals surface area contributed by atoms with E-state index in [1.165, 1.54) is 6.07 Å². The lowest BCUT2D eigenvalue weighted by atomic mass is 10.0. The van der Waals surface area contributed by atoms with E-state index in [2.05, 4.69) is 10.4 Å². The molecule has 0 saturated heterocycles. The summed E-state index contributed by atoms with van der Waals surface area (Å²) >= 11 is 6.09. The van der Waals surface area contributed by atoms with Crippen molar-refractivity contribution in [3.8, 4) is 0 Å². The van der Waals surface area contributed by atoms with Gasteiger partial charge in [0.25, 0.3) is 0 Å². The molecule has 108 valence electrons. The minimum atomic E-state index is -0.378. The quantitative estimate of drug-likeness (QED) is 0.882. The molecule has 1 N–H and O–H groups in total. The molecule has 3 nitrogen and oxygen atoms in total. The summed E-state index contributed by atoms with van der Waals surface area (Å²) < 4.78 is 15.5. The highest BCUT2D eigenvalue weighted by molar-refractivity contribution is 6.31. The van der Waals surface area contributed by atoms with Gasteiger partial charge in [-0.15, -0.1) is 0 Å². The summed E-state index contributed by atoms with van der Waals surface area (Å²) in [7, 11) is 0. The third-order valence-corrected chi connectivity index (χ3v) is 3.66. The first kappa shape index (κ1) is 15.0. The van der Waals surface area contributed by atoms with Crippen LogP contribution in [0.1, 0.15) is 31.0 Å². The van der Waals surface area contributed by atoms with Crippen LogP contribution in [-0.4, -0.2) is 16.3 Å². The zero-order chi connectivity index (χ0) is 14.5. The summed E-state index contributed by atoms with van der Waals surface area (Å²) in [4.78, 5) is 0. The van der Waals surface area contributed by atoms with Crippen LogP contribution in [0.25, 0.3) is 0 Å². The predicted octanol–water partition coefficient (Wildman–Crippen LogP) is 3.59. The van der Waals surface area contributed by atoms with Gasteiger partial charge in [0.2, 0.25) is 0 Å². The Morgan fingerprint density at radius 2 is 2.20 bits per heavy atom. The highest BCUT2D eigenvalue weighted by atomic mass is 35.5. The van der Waals surface area contributed by atoms with Gasteiger partial charge in [-0.25, -0.2) is 4.39 Å². The minimum absolute atomic E-state index is 0.0160. The second kappa shape index (κ2) is 6.86. The van der Waals surface area contributed by atoms with E-state index in [1.54, 1.807) is 6.07 Å². The molecule has 0 fully saturated rings. The first-order chi connectivity index (χ1) is 9.65. The molecule has 1 aromatic heterocycles. The number of benzene rings is 1. The fourth-order valence-electron chi connectivity index (χ4n) is 2.25. The van der Waals surface area contributed by atoms with Crippen molar-refractivity contribution in [2.75, 3.05) is 6.54 Å². The molecule has 0 radical (unpaired) electrons. The Morgan fingerprint density at radius 1 is 1.40 bits per heavy atom. The van der Waals surface area contributed by atoms with Crippen molar-refractivity contribution in [1.29, 1.82) is 0 Å². The van der Waals surface area contributed by atoms with Gasteiger partial charge in [-0.3, -0.25) is 4.68 Å². The van der Waals surface area contributed by atoms with Crippen molar-refractivity contribution in [2.24, 2.45) is 0 Å². The molecule has 0 aliphatic carbocycles. The number of hydrogen-bond acceptors (Lipinski definition) is 2. The van der Waals surface area contributed by atoms with E-state index in [1.807, 2.05) is 37.0 Å². The Labute approximate surface area is 123 Å². The Kier molecular flexibility index (Phi) is 5.15. The number of aromatic nitrogens is 2. The molecule has 1 atom stereocenters. The summed E-state index contributed by atoms with van der Waals surface area (Å²) in [5, 5.41) is 7.81. The molecule has 1 aromatic carbocycles. The molecule has 0 bridgehead atoms. The van der Waals surface area contributed by atoms with Crippen LogP contribution in [0.3, 0.4) is 0 Å². The van der Waals surface area contributed by atoms with Crippen LogP contribution in [-0.2, 0) is 13.0 Å². The Balaban J connectivity index is 2.24. The highest BCUT2D eigenvalue weighted by Crippen LogP contribution is 2.27. The van der Waals surface area contributed by atoms with Crippen molar-refractivity contribution < 1.29 is 4.39 Å². The van der Waals surface area contributed by atoms with Gasteiger partial charge in [0.15, 0.2) is 0 Å². The lowest BCUT2D eigenvalue weighted by Gasteiger charge is -2.19. The number of nitrogens with one attached hydrogen (secondary N) is 1. The SMILES string of the molecule is CCNC(Cc1cnn(CC)c1)c1cccc(F)c1Cl. The van der Waals surface area contributed by atoms with E-state index >= 15 is 0 Å². The van der Waals surface area contributed by atoms with E-state index in [-0.39, 0.29) is 16.9 Å². The molecule has 0 amide bonds. The number of halogens is 2. The molecule has 5 heteroatoms. The largest absolute Gasteiger partial charge is 0.310 e. The average Bonchev–Trinajstić information content (AvgIpc) is 2.89. The third-order valence-electron chi connectivity index (χ3n) is 3.26. The zero-order valence-corrected chi connectivity index (χ0v) is 12.5. The van der Waals surface area contributed by atoms with Crippen molar-refractivity contribution in [3.05, 3.63) is 52.6 Å². The molecule has 1 heterocycles. The molecule has 0 aliphatic rings. The normalized spacial score (nSPS) is 12.6. The fraction of sp³-hybridized carbons (Fsp3) is 0.400. The summed E-state index contributed by atoms with van der Waals surface area (Å²) in [6.45, 7) is 5.70. The van der Waals surface area contributed by atoms with Gasteiger partial charge in [0, 0.05) is 18.8 Å². The summed E-state index contributed by atoms with van der Waals surface area (Å²) in [6, 6.07) is 4.92.